The SMILES string of the molecule is C[Si](C)(Cc1ccccc1)[C@H](CNC(=O)OCc1ccccc1)C(=O)NCC#N. The third-order valence-corrected chi connectivity index (χ3v) is 8.44. The molecule has 0 heterocycles. The Kier molecular flexibility index (Phi) is 8.43. The van der Waals surface area contributed by atoms with Gasteiger partial charge in [-0.3, -0.25) is 4.79 Å². The number of nitrogens with zero attached hydrogens (tertiary/aromatic N) is 1. The molecule has 0 aromatic heterocycles. The van der Waals surface area contributed by atoms with Crippen LogP contribution in [0.4, 0.5) is 4.79 Å². The second kappa shape index (κ2) is 11.0. The Bertz CT molecular complexity index is 835. The summed E-state index contributed by atoms with van der Waals surface area (Å²) in [7, 11) is -2.13. The van der Waals surface area contributed by atoms with Crippen molar-refractivity contribution in [1.29, 1.82) is 5.26 Å². The van der Waals surface area contributed by atoms with Crippen LogP contribution in [0.2, 0.25) is 18.6 Å². The van der Waals surface area contributed by atoms with Crippen LogP contribution in [0.15, 0.2) is 60.7 Å². The molecule has 152 valence electrons. The number of hydrogen-bond acceptors (Lipinski definition) is 4. The van der Waals surface area contributed by atoms with Crippen molar-refractivity contribution in [3.63, 3.8) is 0 Å². The first kappa shape index (κ1) is 22.2. The number of hydrogen-bond donors (Lipinski definition) is 2. The fourth-order valence-electron chi connectivity index (χ4n) is 3.18. The topological polar surface area (TPSA) is 91.2 Å². The van der Waals surface area contributed by atoms with Crippen LogP contribution in [0.3, 0.4) is 0 Å². The summed E-state index contributed by atoms with van der Waals surface area (Å²) in [5.41, 5.74) is 1.67. The average molecular weight is 410 g/mol. The number of benzene rings is 2. The van der Waals surface area contributed by atoms with Crippen molar-refractivity contribution in [2.45, 2.75) is 31.3 Å². The van der Waals surface area contributed by atoms with E-state index in [9.17, 15) is 9.59 Å². The Morgan fingerprint density at radius 3 is 2.17 bits per heavy atom. The molecule has 0 saturated heterocycles. The molecule has 2 aromatic carbocycles. The molecule has 6 nitrogen and oxygen atoms in total. The molecule has 0 aliphatic carbocycles. The minimum atomic E-state index is -2.13. The maximum atomic E-state index is 12.7. The van der Waals surface area contributed by atoms with Crippen molar-refractivity contribution >= 4 is 20.1 Å². The van der Waals surface area contributed by atoms with Crippen LogP contribution in [0.5, 0.6) is 0 Å². The summed E-state index contributed by atoms with van der Waals surface area (Å²) in [4.78, 5) is 24.9. The molecule has 0 aliphatic heterocycles. The fourth-order valence-corrected chi connectivity index (χ4v) is 6.18. The summed E-state index contributed by atoms with van der Waals surface area (Å²) < 4.78 is 5.25. The third-order valence-electron chi connectivity index (χ3n) is 4.77. The second-order valence-corrected chi connectivity index (χ2v) is 12.5. The number of ether oxygens (including phenoxy) is 1. The number of rotatable bonds is 9. The Morgan fingerprint density at radius 1 is 1.00 bits per heavy atom. The highest BCUT2D eigenvalue weighted by Gasteiger charge is 2.37. The summed E-state index contributed by atoms with van der Waals surface area (Å²) in [5, 5.41) is 14.2. The maximum Gasteiger partial charge on any atom is 0.407 e. The molecule has 0 bridgehead atoms. The highest BCUT2D eigenvalue weighted by molar-refractivity contribution is 6.81. The molecular formula is C22H27N3O3Si. The standard InChI is InChI=1S/C22H27N3O3Si/c1-29(2,17-19-11-7-4-8-12-19)20(21(26)24-14-13-23)15-25-22(27)28-16-18-9-5-3-6-10-18/h3-12,20H,14-17H2,1-2H3,(H,24,26)(H,25,27)/t20-/m1/s1. The van der Waals surface area contributed by atoms with Crippen LogP contribution < -0.4 is 10.6 Å². The molecule has 29 heavy (non-hydrogen) atoms. The van der Waals surface area contributed by atoms with E-state index in [0.29, 0.717) is 0 Å². The highest BCUT2D eigenvalue weighted by Crippen LogP contribution is 2.26. The quantitative estimate of drug-likeness (QED) is 0.490. The first-order valence-electron chi connectivity index (χ1n) is 9.55. The number of nitriles is 1. The number of carbonyl (C=O) groups excluding carboxylic acids is 2. The zero-order valence-corrected chi connectivity index (χ0v) is 17.9. The van der Waals surface area contributed by atoms with Gasteiger partial charge in [0.15, 0.2) is 0 Å². The zero-order valence-electron chi connectivity index (χ0n) is 16.9. The van der Waals surface area contributed by atoms with Crippen LogP contribution in [-0.2, 0) is 22.2 Å². The number of amides is 2. The summed E-state index contributed by atoms with van der Waals surface area (Å²) >= 11 is 0. The lowest BCUT2D eigenvalue weighted by Crippen LogP contribution is -2.49. The second-order valence-electron chi connectivity index (χ2n) is 7.52. The molecule has 7 heteroatoms. The van der Waals surface area contributed by atoms with Crippen LogP contribution in [0.1, 0.15) is 11.1 Å². The minimum absolute atomic E-state index is 0.0520. The Morgan fingerprint density at radius 2 is 1.59 bits per heavy atom. The molecule has 0 saturated carbocycles. The minimum Gasteiger partial charge on any atom is -0.445 e. The van der Waals surface area contributed by atoms with Gasteiger partial charge in [-0.1, -0.05) is 79.3 Å². The van der Waals surface area contributed by atoms with Gasteiger partial charge >= 0.3 is 6.09 Å². The van der Waals surface area contributed by atoms with Crippen molar-refractivity contribution in [2.75, 3.05) is 13.1 Å². The maximum absolute atomic E-state index is 12.7. The molecule has 1 atom stereocenters. The van der Waals surface area contributed by atoms with Gasteiger partial charge in [-0.15, -0.1) is 0 Å². The van der Waals surface area contributed by atoms with Gasteiger partial charge in [0, 0.05) is 12.1 Å². The van der Waals surface area contributed by atoms with Crippen molar-refractivity contribution < 1.29 is 14.3 Å². The Labute approximate surface area is 172 Å². The Hall–Kier alpha value is -3.11. The van der Waals surface area contributed by atoms with E-state index >= 15 is 0 Å². The average Bonchev–Trinajstić information content (AvgIpc) is 2.71. The largest absolute Gasteiger partial charge is 0.445 e. The lowest BCUT2D eigenvalue weighted by atomic mass is 10.2. The van der Waals surface area contributed by atoms with Crippen LogP contribution in [0.25, 0.3) is 0 Å². The van der Waals surface area contributed by atoms with Gasteiger partial charge in [0.1, 0.15) is 13.2 Å². The van der Waals surface area contributed by atoms with Crippen molar-refractivity contribution in [3.8, 4) is 6.07 Å². The van der Waals surface area contributed by atoms with Gasteiger partial charge in [-0.2, -0.15) is 5.26 Å². The zero-order chi connectivity index (χ0) is 21.1. The van der Waals surface area contributed by atoms with E-state index < -0.39 is 14.2 Å². The summed E-state index contributed by atoms with van der Waals surface area (Å²) in [6, 6.07) is 22.1. The predicted octanol–water partition coefficient (Wildman–Crippen LogP) is 3.41. The smallest absolute Gasteiger partial charge is 0.407 e. The molecule has 0 unspecified atom stereocenters. The third kappa shape index (κ3) is 7.43. The van der Waals surface area contributed by atoms with E-state index in [1.807, 2.05) is 66.7 Å². The molecule has 0 fully saturated rings. The summed E-state index contributed by atoms with van der Waals surface area (Å²) in [6.07, 6.45) is -0.559. The normalized spacial score (nSPS) is 11.8. The van der Waals surface area contributed by atoms with Gasteiger partial charge in [-0.05, 0) is 11.6 Å². The van der Waals surface area contributed by atoms with E-state index in [-0.39, 0.29) is 31.1 Å². The number of alkyl carbamates (subject to hydrolysis) is 1. The Balaban J connectivity index is 2.00. The lowest BCUT2D eigenvalue weighted by Gasteiger charge is -2.31. The highest BCUT2D eigenvalue weighted by atomic mass is 28.3. The monoisotopic (exact) mass is 409 g/mol. The van der Waals surface area contributed by atoms with Crippen LogP contribution >= 0.6 is 0 Å². The molecule has 0 aliphatic rings. The van der Waals surface area contributed by atoms with Gasteiger partial charge in [0.2, 0.25) is 5.91 Å². The molecular weight excluding hydrogens is 382 g/mol. The first-order valence-corrected chi connectivity index (χ1v) is 12.8. The lowest BCUT2D eigenvalue weighted by molar-refractivity contribution is -0.120. The molecule has 2 N–H and O–H groups in total. The molecule has 2 amide bonds. The van der Waals surface area contributed by atoms with Crippen molar-refractivity contribution in [3.05, 3.63) is 71.8 Å². The van der Waals surface area contributed by atoms with Crippen molar-refractivity contribution in [1.82, 2.24) is 10.6 Å². The number of nitrogens with one attached hydrogen (secondary N) is 2. The molecule has 0 spiro atoms. The van der Waals surface area contributed by atoms with E-state index in [4.69, 9.17) is 10.00 Å². The van der Waals surface area contributed by atoms with Crippen molar-refractivity contribution in [2.24, 2.45) is 0 Å². The van der Waals surface area contributed by atoms with Gasteiger partial charge < -0.3 is 15.4 Å². The van der Waals surface area contributed by atoms with Gasteiger partial charge in [0.25, 0.3) is 0 Å². The molecule has 0 radical (unpaired) electrons. The van der Waals surface area contributed by atoms with E-state index in [0.717, 1.165) is 17.2 Å². The summed E-state index contributed by atoms with van der Waals surface area (Å²) in [6.45, 7) is 4.53. The van der Waals surface area contributed by atoms with Crippen LogP contribution in [-0.4, -0.2) is 33.2 Å². The molecule has 2 rings (SSSR count). The van der Waals surface area contributed by atoms with E-state index in [1.165, 1.54) is 0 Å². The van der Waals surface area contributed by atoms with Gasteiger partial charge in [-0.25, -0.2) is 4.79 Å². The molecule has 2 aromatic rings. The first-order chi connectivity index (χ1) is 13.9. The van der Waals surface area contributed by atoms with E-state index in [1.54, 1.807) is 0 Å². The summed E-state index contributed by atoms with van der Waals surface area (Å²) in [5.74, 6) is -0.206. The predicted molar refractivity (Wildman–Crippen MR) is 115 cm³/mol. The van der Waals surface area contributed by atoms with E-state index in [2.05, 4.69) is 23.7 Å². The van der Waals surface area contributed by atoms with Crippen LogP contribution in [0, 0.1) is 11.3 Å². The number of carbonyl (C=O) groups is 2. The fraction of sp³-hybridized carbons (Fsp3) is 0.318. The van der Waals surface area contributed by atoms with Gasteiger partial charge in [0.05, 0.1) is 14.1 Å².